The van der Waals surface area contributed by atoms with Crippen LogP contribution in [0.5, 0.6) is 0 Å². The van der Waals surface area contributed by atoms with Gasteiger partial charge in [-0.25, -0.2) is 0 Å². The first-order valence-electron chi connectivity index (χ1n) is 7.55. The number of benzene rings is 2. The summed E-state index contributed by atoms with van der Waals surface area (Å²) in [4.78, 5) is 12.6. The first kappa shape index (κ1) is 13.1. The number of fused-ring (bicyclic) bond motifs is 2. The monoisotopic (exact) mass is 288 g/mol. The van der Waals surface area contributed by atoms with E-state index in [1.54, 1.807) is 0 Å². The third kappa shape index (κ3) is 2.08. The van der Waals surface area contributed by atoms with Crippen molar-refractivity contribution >= 4 is 22.6 Å². The van der Waals surface area contributed by atoms with Crippen molar-refractivity contribution in [1.82, 2.24) is 0 Å². The van der Waals surface area contributed by atoms with Crippen LogP contribution in [-0.2, 0) is 6.42 Å². The van der Waals surface area contributed by atoms with Crippen LogP contribution in [0.1, 0.15) is 28.9 Å². The normalized spacial score (nSPS) is 15.4. The van der Waals surface area contributed by atoms with Gasteiger partial charge in [-0.3, -0.25) is 4.79 Å². The first-order chi connectivity index (χ1) is 10.7. The number of rotatable bonds is 1. The molecule has 108 valence electrons. The van der Waals surface area contributed by atoms with Crippen LogP contribution in [0.2, 0.25) is 0 Å². The molecule has 1 aliphatic carbocycles. The van der Waals surface area contributed by atoms with E-state index >= 15 is 0 Å². The van der Waals surface area contributed by atoms with Crippen molar-refractivity contribution in [1.29, 1.82) is 0 Å². The summed E-state index contributed by atoms with van der Waals surface area (Å²) in [6.07, 6.45) is 3.74. The highest BCUT2D eigenvalue weighted by Gasteiger charge is 2.23. The number of allylic oxidation sites excluding steroid dienone is 1. The van der Waals surface area contributed by atoms with Crippen LogP contribution in [0.4, 0.5) is 0 Å². The van der Waals surface area contributed by atoms with Gasteiger partial charge in [-0.05, 0) is 54.7 Å². The zero-order valence-electron chi connectivity index (χ0n) is 12.4. The van der Waals surface area contributed by atoms with Gasteiger partial charge in [-0.2, -0.15) is 0 Å². The summed E-state index contributed by atoms with van der Waals surface area (Å²) in [5.74, 6) is 0.770. The van der Waals surface area contributed by atoms with Gasteiger partial charge in [0.1, 0.15) is 11.3 Å². The lowest BCUT2D eigenvalue weighted by Gasteiger charge is -2.04. The smallest absolute Gasteiger partial charge is 0.196 e. The zero-order valence-corrected chi connectivity index (χ0v) is 12.4. The molecule has 0 bridgehead atoms. The molecule has 0 saturated heterocycles. The SMILES string of the molecule is Cc1ccc2c(=O)c3c(oc2c1)/C(=C/c1ccccc1)CC3. The predicted molar refractivity (Wildman–Crippen MR) is 89.9 cm³/mol. The van der Waals surface area contributed by atoms with Gasteiger partial charge in [0.05, 0.1) is 5.39 Å². The van der Waals surface area contributed by atoms with Crippen molar-refractivity contribution in [3.8, 4) is 0 Å². The van der Waals surface area contributed by atoms with Crippen LogP contribution in [0.15, 0.2) is 57.7 Å². The Morgan fingerprint density at radius 1 is 1.05 bits per heavy atom. The number of hydrogen-bond donors (Lipinski definition) is 0. The fraction of sp³-hybridized carbons (Fsp3) is 0.150. The van der Waals surface area contributed by atoms with Gasteiger partial charge < -0.3 is 4.42 Å². The van der Waals surface area contributed by atoms with E-state index in [4.69, 9.17) is 4.42 Å². The summed E-state index contributed by atoms with van der Waals surface area (Å²) >= 11 is 0. The maximum Gasteiger partial charge on any atom is 0.196 e. The molecule has 1 aliphatic rings. The lowest BCUT2D eigenvalue weighted by molar-refractivity contribution is 0.585. The fourth-order valence-corrected chi connectivity index (χ4v) is 3.09. The minimum Gasteiger partial charge on any atom is -0.456 e. The topological polar surface area (TPSA) is 30.2 Å². The highest BCUT2D eigenvalue weighted by Crippen LogP contribution is 2.34. The van der Waals surface area contributed by atoms with Crippen LogP contribution in [0, 0.1) is 6.92 Å². The first-order valence-corrected chi connectivity index (χ1v) is 7.55. The summed E-state index contributed by atoms with van der Waals surface area (Å²) in [5, 5.41) is 0.685. The van der Waals surface area contributed by atoms with E-state index in [0.29, 0.717) is 11.0 Å². The van der Waals surface area contributed by atoms with Crippen molar-refractivity contribution in [2.75, 3.05) is 0 Å². The molecule has 0 N–H and O–H groups in total. The second-order valence-electron chi connectivity index (χ2n) is 5.82. The summed E-state index contributed by atoms with van der Waals surface area (Å²) in [5.41, 5.74) is 4.97. The van der Waals surface area contributed by atoms with Crippen LogP contribution in [0.25, 0.3) is 22.6 Å². The van der Waals surface area contributed by atoms with E-state index < -0.39 is 0 Å². The van der Waals surface area contributed by atoms with Crippen LogP contribution >= 0.6 is 0 Å². The second kappa shape index (κ2) is 4.99. The zero-order chi connectivity index (χ0) is 15.1. The molecule has 0 atom stereocenters. The molecule has 0 radical (unpaired) electrons. The molecule has 1 heterocycles. The lowest BCUT2D eigenvalue weighted by Crippen LogP contribution is -2.08. The van der Waals surface area contributed by atoms with Crippen LogP contribution in [-0.4, -0.2) is 0 Å². The van der Waals surface area contributed by atoms with Crippen molar-refractivity contribution in [2.45, 2.75) is 19.8 Å². The molecule has 4 rings (SSSR count). The Hall–Kier alpha value is -2.61. The van der Waals surface area contributed by atoms with Crippen molar-refractivity contribution in [3.05, 3.63) is 81.2 Å². The molecule has 0 unspecified atom stereocenters. The molecule has 0 saturated carbocycles. The average Bonchev–Trinajstić information content (AvgIpc) is 2.91. The maximum absolute atomic E-state index is 12.6. The van der Waals surface area contributed by atoms with Gasteiger partial charge >= 0.3 is 0 Å². The molecular weight excluding hydrogens is 272 g/mol. The minimum atomic E-state index is 0.118. The van der Waals surface area contributed by atoms with Crippen LogP contribution in [0.3, 0.4) is 0 Å². The van der Waals surface area contributed by atoms with Gasteiger partial charge in [0.2, 0.25) is 0 Å². The average molecular weight is 288 g/mol. The van der Waals surface area contributed by atoms with Gasteiger partial charge in [-0.1, -0.05) is 36.4 Å². The molecule has 2 aromatic carbocycles. The molecular formula is C20H16O2. The van der Waals surface area contributed by atoms with Crippen molar-refractivity contribution < 1.29 is 4.42 Å². The van der Waals surface area contributed by atoms with E-state index in [2.05, 4.69) is 18.2 Å². The van der Waals surface area contributed by atoms with Gasteiger partial charge in [0, 0.05) is 5.56 Å². The predicted octanol–water partition coefficient (Wildman–Crippen LogP) is 4.59. The molecule has 0 amide bonds. The Kier molecular flexibility index (Phi) is 2.97. The molecule has 0 fully saturated rings. The Morgan fingerprint density at radius 3 is 2.68 bits per heavy atom. The lowest BCUT2D eigenvalue weighted by atomic mass is 10.1. The fourth-order valence-electron chi connectivity index (χ4n) is 3.09. The molecule has 3 aromatic rings. The number of aryl methyl sites for hydroxylation is 1. The molecule has 0 spiro atoms. The second-order valence-corrected chi connectivity index (χ2v) is 5.82. The Balaban J connectivity index is 1.93. The van der Waals surface area contributed by atoms with E-state index in [9.17, 15) is 4.79 Å². The summed E-state index contributed by atoms with van der Waals surface area (Å²) in [6, 6.07) is 15.9. The van der Waals surface area contributed by atoms with Gasteiger partial charge in [0.15, 0.2) is 5.43 Å². The summed E-state index contributed by atoms with van der Waals surface area (Å²) in [6.45, 7) is 2.01. The molecule has 0 aliphatic heterocycles. The molecule has 2 nitrogen and oxygen atoms in total. The molecule has 22 heavy (non-hydrogen) atoms. The van der Waals surface area contributed by atoms with Gasteiger partial charge in [-0.15, -0.1) is 0 Å². The number of hydrogen-bond acceptors (Lipinski definition) is 2. The Bertz CT molecular complexity index is 947. The van der Waals surface area contributed by atoms with Gasteiger partial charge in [0.25, 0.3) is 0 Å². The largest absolute Gasteiger partial charge is 0.456 e. The summed E-state index contributed by atoms with van der Waals surface area (Å²) in [7, 11) is 0. The Morgan fingerprint density at radius 2 is 1.86 bits per heavy atom. The Labute approximate surface area is 128 Å². The van der Waals surface area contributed by atoms with Crippen molar-refractivity contribution in [3.63, 3.8) is 0 Å². The molecule has 1 aromatic heterocycles. The maximum atomic E-state index is 12.6. The summed E-state index contributed by atoms with van der Waals surface area (Å²) < 4.78 is 6.08. The quantitative estimate of drug-likeness (QED) is 0.655. The van der Waals surface area contributed by atoms with E-state index in [1.165, 1.54) is 0 Å². The van der Waals surface area contributed by atoms with E-state index in [1.807, 2.05) is 43.3 Å². The van der Waals surface area contributed by atoms with E-state index in [0.717, 1.165) is 40.9 Å². The third-order valence-electron chi connectivity index (χ3n) is 4.22. The third-order valence-corrected chi connectivity index (χ3v) is 4.22. The minimum absolute atomic E-state index is 0.118. The van der Waals surface area contributed by atoms with E-state index in [-0.39, 0.29) is 5.43 Å². The van der Waals surface area contributed by atoms with Crippen molar-refractivity contribution in [2.24, 2.45) is 0 Å². The highest BCUT2D eigenvalue weighted by atomic mass is 16.3. The highest BCUT2D eigenvalue weighted by molar-refractivity contribution is 5.87. The standard InChI is InChI=1S/C20H16O2/c1-13-7-9-16-18(11-13)22-20-15(8-10-17(20)19(16)21)12-14-5-3-2-4-6-14/h2-7,9,11-12H,8,10H2,1H3/b15-12+. The molecule has 2 heteroatoms. The van der Waals surface area contributed by atoms with Crippen LogP contribution < -0.4 is 5.43 Å².